The lowest BCUT2D eigenvalue weighted by Gasteiger charge is -2.19. The third-order valence-corrected chi connectivity index (χ3v) is 5.03. The summed E-state index contributed by atoms with van der Waals surface area (Å²) >= 11 is 5.97. The van der Waals surface area contributed by atoms with E-state index in [9.17, 15) is 14.4 Å². The number of benzene rings is 3. The van der Waals surface area contributed by atoms with Gasteiger partial charge in [-0.15, -0.1) is 0 Å². The Labute approximate surface area is 172 Å². The largest absolute Gasteiger partial charge is 0.340 e. The Kier molecular flexibility index (Phi) is 5.14. The predicted octanol–water partition coefficient (Wildman–Crippen LogP) is 4.42. The topological polar surface area (TPSA) is 63.7 Å². The maximum Gasteiger partial charge on any atom is 0.340 e. The zero-order valence-corrected chi connectivity index (χ0v) is 16.0. The fraction of sp³-hybridized carbons (Fsp3) is 0.0870. The molecule has 3 aromatic rings. The fourth-order valence-electron chi connectivity index (χ4n) is 3.29. The SMILES string of the molecule is O=C(ON1C(=O)c2ccccc2C1=O)C(Cc1ccccc1)c1ccc(Cl)cc1. The monoisotopic (exact) mass is 405 g/mol. The van der Waals surface area contributed by atoms with E-state index in [-0.39, 0.29) is 11.1 Å². The maximum absolute atomic E-state index is 13.0. The maximum atomic E-state index is 13.0. The first kappa shape index (κ1) is 18.9. The van der Waals surface area contributed by atoms with E-state index in [0.717, 1.165) is 5.56 Å². The molecule has 0 aliphatic carbocycles. The first-order valence-corrected chi connectivity index (χ1v) is 9.41. The lowest BCUT2D eigenvalue weighted by atomic mass is 9.92. The number of carbonyl (C=O) groups excluding carboxylic acids is 3. The number of nitrogens with zero attached hydrogens (tertiary/aromatic N) is 1. The van der Waals surface area contributed by atoms with Crippen molar-refractivity contribution in [2.45, 2.75) is 12.3 Å². The lowest BCUT2D eigenvalue weighted by Crippen LogP contribution is -2.35. The quantitative estimate of drug-likeness (QED) is 0.589. The summed E-state index contributed by atoms with van der Waals surface area (Å²) in [7, 11) is 0. The van der Waals surface area contributed by atoms with Crippen LogP contribution in [0.15, 0.2) is 78.9 Å². The molecule has 29 heavy (non-hydrogen) atoms. The molecule has 0 aromatic heterocycles. The van der Waals surface area contributed by atoms with Crippen LogP contribution >= 0.6 is 11.6 Å². The summed E-state index contributed by atoms with van der Waals surface area (Å²) in [6.07, 6.45) is 0.352. The normalized spacial score (nSPS) is 13.9. The molecule has 0 bridgehead atoms. The number of hydrogen-bond donors (Lipinski definition) is 0. The van der Waals surface area contributed by atoms with E-state index in [1.54, 1.807) is 36.4 Å². The number of fused-ring (bicyclic) bond motifs is 1. The van der Waals surface area contributed by atoms with E-state index in [0.29, 0.717) is 22.1 Å². The van der Waals surface area contributed by atoms with Crippen molar-refractivity contribution in [1.82, 2.24) is 5.06 Å². The standard InChI is InChI=1S/C23H16ClNO4/c24-17-12-10-16(11-13-17)20(14-15-6-2-1-3-7-15)23(28)29-25-21(26)18-8-4-5-9-19(18)22(25)27/h1-13,20H,14H2. The van der Waals surface area contributed by atoms with Gasteiger partial charge < -0.3 is 4.84 Å². The average Bonchev–Trinajstić information content (AvgIpc) is 2.98. The molecule has 0 spiro atoms. The first-order valence-electron chi connectivity index (χ1n) is 9.03. The summed E-state index contributed by atoms with van der Waals surface area (Å²) in [6.45, 7) is 0. The van der Waals surface area contributed by atoms with Crippen molar-refractivity contribution < 1.29 is 19.2 Å². The summed E-state index contributed by atoms with van der Waals surface area (Å²) in [5.74, 6) is -2.69. The molecule has 4 rings (SSSR count). The van der Waals surface area contributed by atoms with E-state index in [2.05, 4.69) is 0 Å². The van der Waals surface area contributed by atoms with Crippen LogP contribution in [-0.4, -0.2) is 22.8 Å². The van der Waals surface area contributed by atoms with Crippen LogP contribution in [0.25, 0.3) is 0 Å². The van der Waals surface area contributed by atoms with Gasteiger partial charge in [-0.2, -0.15) is 0 Å². The van der Waals surface area contributed by atoms with Crippen molar-refractivity contribution in [3.05, 3.63) is 106 Å². The van der Waals surface area contributed by atoms with Crippen molar-refractivity contribution >= 4 is 29.4 Å². The minimum Gasteiger partial charge on any atom is -0.329 e. The van der Waals surface area contributed by atoms with Gasteiger partial charge in [0.1, 0.15) is 0 Å². The molecule has 0 N–H and O–H groups in total. The first-order chi connectivity index (χ1) is 14.0. The van der Waals surface area contributed by atoms with Crippen LogP contribution in [0.5, 0.6) is 0 Å². The Morgan fingerprint density at radius 2 is 1.38 bits per heavy atom. The summed E-state index contributed by atoms with van der Waals surface area (Å²) in [4.78, 5) is 43.4. The van der Waals surface area contributed by atoms with Gasteiger partial charge in [0.2, 0.25) is 0 Å². The van der Waals surface area contributed by atoms with Gasteiger partial charge in [-0.05, 0) is 41.8 Å². The van der Waals surface area contributed by atoms with Crippen LogP contribution in [0.1, 0.15) is 37.8 Å². The third kappa shape index (κ3) is 3.77. The highest BCUT2D eigenvalue weighted by Gasteiger charge is 2.40. The second-order valence-corrected chi connectivity index (χ2v) is 7.09. The molecule has 0 saturated heterocycles. The zero-order valence-electron chi connectivity index (χ0n) is 15.2. The molecule has 1 unspecified atom stereocenters. The summed E-state index contributed by atoms with van der Waals surface area (Å²) in [5, 5.41) is 1.09. The molecule has 1 aliphatic rings. The molecule has 1 atom stereocenters. The predicted molar refractivity (Wildman–Crippen MR) is 107 cm³/mol. The highest BCUT2D eigenvalue weighted by molar-refractivity contribution is 6.30. The van der Waals surface area contributed by atoms with Crippen LogP contribution in [0.3, 0.4) is 0 Å². The molecule has 5 nitrogen and oxygen atoms in total. The van der Waals surface area contributed by atoms with Crippen LogP contribution in [0.4, 0.5) is 0 Å². The number of hydroxylamine groups is 2. The molecule has 2 amide bonds. The van der Waals surface area contributed by atoms with E-state index in [1.165, 1.54) is 12.1 Å². The molecule has 1 heterocycles. The van der Waals surface area contributed by atoms with Crippen molar-refractivity contribution in [3.8, 4) is 0 Å². The van der Waals surface area contributed by atoms with E-state index >= 15 is 0 Å². The molecule has 1 aliphatic heterocycles. The number of imide groups is 1. The molecule has 144 valence electrons. The van der Waals surface area contributed by atoms with Crippen molar-refractivity contribution in [2.24, 2.45) is 0 Å². The minimum absolute atomic E-state index is 0.219. The number of rotatable bonds is 5. The smallest absolute Gasteiger partial charge is 0.329 e. The summed E-state index contributed by atoms with van der Waals surface area (Å²) in [6, 6.07) is 22.7. The van der Waals surface area contributed by atoms with Gasteiger partial charge in [0.05, 0.1) is 17.0 Å². The molecule has 0 fully saturated rings. The van der Waals surface area contributed by atoms with Crippen molar-refractivity contribution in [2.75, 3.05) is 0 Å². The van der Waals surface area contributed by atoms with Gasteiger partial charge >= 0.3 is 5.97 Å². The third-order valence-electron chi connectivity index (χ3n) is 4.78. The van der Waals surface area contributed by atoms with Gasteiger partial charge in [-0.25, -0.2) is 4.79 Å². The van der Waals surface area contributed by atoms with Crippen molar-refractivity contribution in [1.29, 1.82) is 0 Å². The highest BCUT2D eigenvalue weighted by Crippen LogP contribution is 2.28. The number of hydrogen-bond acceptors (Lipinski definition) is 4. The Morgan fingerprint density at radius 1 is 0.828 bits per heavy atom. The van der Waals surface area contributed by atoms with Crippen LogP contribution in [0.2, 0.25) is 5.02 Å². The lowest BCUT2D eigenvalue weighted by molar-refractivity contribution is -0.170. The van der Waals surface area contributed by atoms with E-state index in [1.807, 2.05) is 30.3 Å². The van der Waals surface area contributed by atoms with Crippen molar-refractivity contribution in [3.63, 3.8) is 0 Å². The zero-order chi connectivity index (χ0) is 20.4. The molecular formula is C23H16ClNO4. The van der Waals surface area contributed by atoms with Gasteiger partial charge in [-0.1, -0.05) is 71.3 Å². The highest BCUT2D eigenvalue weighted by atomic mass is 35.5. The molecule has 3 aromatic carbocycles. The molecule has 0 saturated carbocycles. The molecular weight excluding hydrogens is 390 g/mol. The van der Waals surface area contributed by atoms with Gasteiger partial charge in [-0.3, -0.25) is 9.59 Å². The molecule has 0 radical (unpaired) electrons. The Hall–Kier alpha value is -3.44. The molecule has 6 heteroatoms. The van der Waals surface area contributed by atoms with E-state index in [4.69, 9.17) is 16.4 Å². The van der Waals surface area contributed by atoms with Gasteiger partial charge in [0.25, 0.3) is 11.8 Å². The summed E-state index contributed by atoms with van der Waals surface area (Å²) in [5.41, 5.74) is 2.04. The average molecular weight is 406 g/mol. The Balaban J connectivity index is 1.61. The summed E-state index contributed by atoms with van der Waals surface area (Å²) < 4.78 is 0. The van der Waals surface area contributed by atoms with Crippen LogP contribution < -0.4 is 0 Å². The second kappa shape index (κ2) is 7.89. The van der Waals surface area contributed by atoms with Crippen LogP contribution in [-0.2, 0) is 16.1 Å². The number of amides is 2. The fourth-order valence-corrected chi connectivity index (χ4v) is 3.41. The van der Waals surface area contributed by atoms with Gasteiger partial charge in [0.15, 0.2) is 0 Å². The Morgan fingerprint density at radius 3 is 1.97 bits per heavy atom. The van der Waals surface area contributed by atoms with Gasteiger partial charge in [0, 0.05) is 5.02 Å². The second-order valence-electron chi connectivity index (χ2n) is 6.65. The van der Waals surface area contributed by atoms with Crippen LogP contribution in [0, 0.1) is 0 Å². The Bertz CT molecular complexity index is 1040. The number of halogens is 1. The minimum atomic E-state index is -0.709. The number of carbonyl (C=O) groups is 3. The van der Waals surface area contributed by atoms with E-state index < -0.39 is 23.7 Å².